The molecule has 0 aliphatic rings. The second kappa shape index (κ2) is 2.46. The van der Waals surface area contributed by atoms with Crippen LogP contribution >= 0.6 is 0 Å². The van der Waals surface area contributed by atoms with Gasteiger partial charge in [-0.2, -0.15) is 0 Å². The Morgan fingerprint density at radius 3 is 2.00 bits per heavy atom. The Labute approximate surface area is 52.6 Å². The molecule has 0 aliphatic heterocycles. The van der Waals surface area contributed by atoms with E-state index >= 15 is 0 Å². The zero-order valence-electron chi connectivity index (χ0n) is 5.94. The topological polar surface area (TPSA) is 26.0 Å². The molecule has 0 bridgehead atoms. The Morgan fingerprint density at radius 2 is 2.00 bits per heavy atom. The van der Waals surface area contributed by atoms with E-state index < -0.39 is 8.07 Å². The maximum Gasteiger partial charge on any atom is 0.0883 e. The van der Waals surface area contributed by atoms with Crippen molar-refractivity contribution in [2.45, 2.75) is 25.7 Å². The van der Waals surface area contributed by atoms with Crippen LogP contribution in [-0.4, -0.2) is 13.7 Å². The first-order valence-corrected chi connectivity index (χ1v) is 6.05. The molecule has 8 heavy (non-hydrogen) atoms. The van der Waals surface area contributed by atoms with Crippen LogP contribution in [0.2, 0.25) is 13.1 Å². The van der Waals surface area contributed by atoms with Gasteiger partial charge in [-0.15, -0.1) is 12.3 Å². The molecule has 0 spiro atoms. The molecule has 0 rings (SSSR count). The molecular formula is C6H15NSi. The third kappa shape index (κ3) is 1.80. The van der Waals surface area contributed by atoms with E-state index in [1.165, 1.54) is 0 Å². The van der Waals surface area contributed by atoms with Gasteiger partial charge in [-0.1, -0.05) is 20.0 Å². The molecule has 48 valence electrons. The van der Waals surface area contributed by atoms with Gasteiger partial charge in [0.2, 0.25) is 0 Å². The Kier molecular flexibility index (Phi) is 2.44. The zero-order chi connectivity index (χ0) is 6.78. The third-order valence-corrected chi connectivity index (χ3v) is 5.10. The van der Waals surface area contributed by atoms with Gasteiger partial charge in [-0.05, 0) is 5.67 Å². The molecule has 0 amide bonds. The number of hydrogen-bond donors (Lipinski definition) is 1. The molecular weight excluding hydrogens is 114 g/mol. The van der Waals surface area contributed by atoms with Crippen LogP contribution in [0.25, 0.3) is 0 Å². The minimum absolute atomic E-state index is 0.333. The Bertz CT molecular complexity index is 86.5. The first kappa shape index (κ1) is 7.92. The fraction of sp³-hybridized carbons (Fsp3) is 0.667. The summed E-state index contributed by atoms with van der Waals surface area (Å²) in [7, 11) is -1.21. The minimum Gasteiger partial charge on any atom is -0.330 e. The summed E-state index contributed by atoms with van der Waals surface area (Å²) < 4.78 is 0. The molecule has 0 radical (unpaired) electrons. The van der Waals surface area contributed by atoms with E-state index in [9.17, 15) is 0 Å². The highest BCUT2D eigenvalue weighted by atomic mass is 28.3. The van der Waals surface area contributed by atoms with Gasteiger partial charge in [0.05, 0.1) is 8.07 Å². The van der Waals surface area contributed by atoms with Crippen molar-refractivity contribution in [3.8, 4) is 0 Å². The molecule has 0 fully saturated rings. The highest BCUT2D eigenvalue weighted by Crippen LogP contribution is 2.05. The molecule has 1 unspecified atom stereocenters. The van der Waals surface area contributed by atoms with Crippen molar-refractivity contribution in [2.24, 2.45) is 5.73 Å². The monoisotopic (exact) mass is 129 g/mol. The summed E-state index contributed by atoms with van der Waals surface area (Å²) in [5, 5.41) is 0. The van der Waals surface area contributed by atoms with E-state index in [0.717, 1.165) is 0 Å². The van der Waals surface area contributed by atoms with Gasteiger partial charge in [0, 0.05) is 0 Å². The molecule has 0 heterocycles. The van der Waals surface area contributed by atoms with Gasteiger partial charge >= 0.3 is 0 Å². The van der Waals surface area contributed by atoms with Crippen molar-refractivity contribution in [3.63, 3.8) is 0 Å². The maximum absolute atomic E-state index is 5.67. The minimum atomic E-state index is -1.21. The van der Waals surface area contributed by atoms with Gasteiger partial charge in [0.1, 0.15) is 0 Å². The van der Waals surface area contributed by atoms with E-state index in [0.29, 0.717) is 5.67 Å². The Morgan fingerprint density at radius 1 is 1.62 bits per heavy atom. The van der Waals surface area contributed by atoms with Crippen LogP contribution in [0, 0.1) is 0 Å². The summed E-state index contributed by atoms with van der Waals surface area (Å²) in [4.78, 5) is 0. The smallest absolute Gasteiger partial charge is 0.0883 e. The second-order valence-electron chi connectivity index (χ2n) is 2.81. The van der Waals surface area contributed by atoms with E-state index in [1.807, 2.05) is 12.6 Å². The van der Waals surface area contributed by atoms with Crippen molar-refractivity contribution >= 4 is 8.07 Å². The van der Waals surface area contributed by atoms with Crippen molar-refractivity contribution < 1.29 is 0 Å². The average molecular weight is 129 g/mol. The number of nitrogens with two attached hydrogens (primary N) is 1. The summed E-state index contributed by atoms with van der Waals surface area (Å²) in [6.45, 7) is 10.2. The highest BCUT2D eigenvalue weighted by Gasteiger charge is 2.20. The quantitative estimate of drug-likeness (QED) is 0.559. The lowest BCUT2D eigenvalue weighted by atomic mass is 10.8. The van der Waals surface area contributed by atoms with Crippen LogP contribution in [-0.2, 0) is 0 Å². The van der Waals surface area contributed by atoms with Gasteiger partial charge in [0.15, 0.2) is 0 Å². The zero-order valence-corrected chi connectivity index (χ0v) is 6.94. The van der Waals surface area contributed by atoms with Gasteiger partial charge in [-0.3, -0.25) is 0 Å². The fourth-order valence-corrected chi connectivity index (χ4v) is 0.558. The van der Waals surface area contributed by atoms with Crippen LogP contribution in [0.4, 0.5) is 0 Å². The molecule has 0 saturated carbocycles. The SMILES string of the molecule is C=C[Si](C)(C)C(C)N. The van der Waals surface area contributed by atoms with Crippen molar-refractivity contribution in [1.29, 1.82) is 0 Å². The molecule has 0 aromatic rings. The van der Waals surface area contributed by atoms with E-state index in [1.54, 1.807) is 0 Å². The van der Waals surface area contributed by atoms with Crippen molar-refractivity contribution in [2.75, 3.05) is 0 Å². The first-order valence-electron chi connectivity index (χ1n) is 2.90. The van der Waals surface area contributed by atoms with Crippen LogP contribution in [0.1, 0.15) is 6.92 Å². The largest absolute Gasteiger partial charge is 0.330 e. The van der Waals surface area contributed by atoms with E-state index in [-0.39, 0.29) is 0 Å². The predicted molar refractivity (Wildman–Crippen MR) is 41.3 cm³/mol. The van der Waals surface area contributed by atoms with Gasteiger partial charge in [0.25, 0.3) is 0 Å². The summed E-state index contributed by atoms with van der Waals surface area (Å²) in [5.41, 5.74) is 8.03. The maximum atomic E-state index is 5.67. The number of rotatable bonds is 2. The normalized spacial score (nSPS) is 15.5. The van der Waals surface area contributed by atoms with Crippen LogP contribution in [0.3, 0.4) is 0 Å². The highest BCUT2D eigenvalue weighted by molar-refractivity contribution is 6.83. The molecule has 2 N–H and O–H groups in total. The van der Waals surface area contributed by atoms with Crippen molar-refractivity contribution in [3.05, 3.63) is 12.3 Å². The van der Waals surface area contributed by atoms with Crippen molar-refractivity contribution in [1.82, 2.24) is 0 Å². The van der Waals surface area contributed by atoms with E-state index in [2.05, 4.69) is 19.7 Å². The van der Waals surface area contributed by atoms with Crippen LogP contribution < -0.4 is 5.73 Å². The second-order valence-corrected chi connectivity index (χ2v) is 7.78. The van der Waals surface area contributed by atoms with E-state index in [4.69, 9.17) is 5.73 Å². The summed E-state index contributed by atoms with van der Waals surface area (Å²) in [5.74, 6) is 0. The molecule has 1 atom stereocenters. The standard InChI is InChI=1S/C6H15NSi/c1-5-8(3,4)6(2)7/h5-6H,1,7H2,2-4H3. The average Bonchev–Trinajstić information content (AvgIpc) is 1.67. The third-order valence-electron chi connectivity index (χ3n) is 1.70. The van der Waals surface area contributed by atoms with Crippen LogP contribution in [0.5, 0.6) is 0 Å². The Hall–Kier alpha value is -0.0831. The summed E-state index contributed by atoms with van der Waals surface area (Å²) >= 11 is 0. The molecule has 2 heteroatoms. The summed E-state index contributed by atoms with van der Waals surface area (Å²) in [6, 6.07) is 0. The lowest BCUT2D eigenvalue weighted by molar-refractivity contribution is 0.981. The Balaban J connectivity index is 3.90. The lowest BCUT2D eigenvalue weighted by Gasteiger charge is -2.21. The lowest BCUT2D eigenvalue weighted by Crippen LogP contribution is -2.43. The molecule has 0 aliphatic carbocycles. The predicted octanol–water partition coefficient (Wildman–Crippen LogP) is 1.31. The molecule has 0 saturated heterocycles. The number of hydrogen-bond acceptors (Lipinski definition) is 1. The fourth-order valence-electron chi connectivity index (χ4n) is 0.186. The van der Waals surface area contributed by atoms with Crippen LogP contribution in [0.15, 0.2) is 12.3 Å². The molecule has 0 aromatic heterocycles. The summed E-state index contributed by atoms with van der Waals surface area (Å²) in [6.07, 6.45) is 0. The van der Waals surface area contributed by atoms with Gasteiger partial charge in [-0.25, -0.2) is 0 Å². The molecule has 0 aromatic carbocycles. The molecule has 1 nitrogen and oxygen atoms in total. The first-order chi connectivity index (χ1) is 3.50. The van der Waals surface area contributed by atoms with Gasteiger partial charge < -0.3 is 5.73 Å².